The number of anilines is 1. The Morgan fingerprint density at radius 1 is 1.14 bits per heavy atom. The maximum absolute atomic E-state index is 11.3. The molecule has 192 valence electrons. The number of amides is 1. The third-order valence-corrected chi connectivity index (χ3v) is 7.05. The van der Waals surface area contributed by atoms with E-state index in [9.17, 15) is 9.90 Å². The molecule has 1 saturated heterocycles. The van der Waals surface area contributed by atoms with Crippen LogP contribution in [0.15, 0.2) is 66.7 Å². The Morgan fingerprint density at radius 2 is 1.84 bits per heavy atom. The number of hydrogen-bond donors (Lipinski definition) is 2. The van der Waals surface area contributed by atoms with Crippen LogP contribution in [0.1, 0.15) is 29.7 Å². The van der Waals surface area contributed by atoms with Crippen molar-refractivity contribution in [2.45, 2.75) is 18.6 Å². The first kappa shape index (κ1) is 26.8. The quantitative estimate of drug-likeness (QED) is 0.437. The highest BCUT2D eigenvalue weighted by Gasteiger charge is 2.34. The summed E-state index contributed by atoms with van der Waals surface area (Å²) in [5, 5.41) is 21.6. The molecule has 37 heavy (non-hydrogen) atoms. The molecule has 1 heterocycles. The number of carbonyl (C=O) groups is 1. The van der Waals surface area contributed by atoms with Crippen LogP contribution in [0.25, 0.3) is 0 Å². The van der Waals surface area contributed by atoms with Gasteiger partial charge in [-0.15, -0.1) is 0 Å². The predicted octanol–water partition coefficient (Wildman–Crippen LogP) is 4.50. The summed E-state index contributed by atoms with van der Waals surface area (Å²) in [5.41, 5.74) is 7.29. The van der Waals surface area contributed by atoms with Crippen molar-refractivity contribution in [3.05, 3.63) is 93.5 Å². The van der Waals surface area contributed by atoms with Gasteiger partial charge < -0.3 is 20.5 Å². The molecule has 0 saturated carbocycles. The van der Waals surface area contributed by atoms with E-state index in [1.807, 2.05) is 30.3 Å². The van der Waals surface area contributed by atoms with Crippen LogP contribution in [0.3, 0.4) is 0 Å². The van der Waals surface area contributed by atoms with Gasteiger partial charge >= 0.3 is 0 Å². The molecule has 0 radical (unpaired) electrons. The summed E-state index contributed by atoms with van der Waals surface area (Å²) in [7, 11) is 0. The molecule has 1 aliphatic heterocycles. The van der Waals surface area contributed by atoms with Gasteiger partial charge in [-0.2, -0.15) is 5.26 Å². The first-order valence-corrected chi connectivity index (χ1v) is 12.6. The van der Waals surface area contributed by atoms with Crippen LogP contribution in [0.4, 0.5) is 5.69 Å². The molecule has 1 aliphatic rings. The third-order valence-electron chi connectivity index (χ3n) is 6.50. The molecule has 3 aromatic rings. The van der Waals surface area contributed by atoms with Crippen molar-refractivity contribution in [1.29, 1.82) is 5.26 Å². The van der Waals surface area contributed by atoms with Gasteiger partial charge in [0.15, 0.2) is 6.61 Å². The normalized spacial score (nSPS) is 17.6. The number of nitriles is 1. The predicted molar refractivity (Wildman–Crippen MR) is 145 cm³/mol. The lowest BCUT2D eigenvalue weighted by Crippen LogP contribution is -2.52. The van der Waals surface area contributed by atoms with Gasteiger partial charge in [-0.1, -0.05) is 47.5 Å². The van der Waals surface area contributed by atoms with Crippen LogP contribution in [-0.2, 0) is 10.4 Å². The second-order valence-corrected chi connectivity index (χ2v) is 10.2. The lowest BCUT2D eigenvalue weighted by atomic mass is 9.93. The Balaban J connectivity index is 1.58. The highest BCUT2D eigenvalue weighted by atomic mass is 35.5. The third kappa shape index (κ3) is 6.54. The second kappa shape index (κ2) is 11.4. The van der Waals surface area contributed by atoms with Crippen LogP contribution in [0.5, 0.6) is 5.75 Å². The van der Waals surface area contributed by atoms with Gasteiger partial charge in [-0.25, -0.2) is 0 Å². The number of primary amides is 1. The fraction of sp³-hybridized carbons (Fsp3) is 0.286. The van der Waals surface area contributed by atoms with Crippen LogP contribution in [0, 0.1) is 11.3 Å². The van der Waals surface area contributed by atoms with E-state index < -0.39 is 11.5 Å². The zero-order valence-electron chi connectivity index (χ0n) is 20.4. The molecule has 9 heteroatoms. The van der Waals surface area contributed by atoms with E-state index in [1.165, 1.54) is 0 Å². The van der Waals surface area contributed by atoms with E-state index in [2.05, 4.69) is 15.9 Å². The standard InChI is InChI=1S/C28H28Cl2N4O3/c1-28(36,21-6-2-19(15-31)3-7-21)18-33-12-13-34(26(16-33)20-4-8-22(29)9-5-20)25-11-10-23(14-24(25)30)37-17-27(32)35/h2-11,14,26,36H,12-13,16-18H2,1H3,(H2,32,35)/t26-,28+/m0/s1. The summed E-state index contributed by atoms with van der Waals surface area (Å²) in [5.74, 6) is -0.0938. The fourth-order valence-electron chi connectivity index (χ4n) is 4.64. The van der Waals surface area contributed by atoms with Gasteiger partial charge in [-0.05, 0) is 54.4 Å². The summed E-state index contributed by atoms with van der Waals surface area (Å²) in [4.78, 5) is 15.5. The van der Waals surface area contributed by atoms with Gasteiger partial charge in [0.1, 0.15) is 5.75 Å². The molecule has 1 amide bonds. The van der Waals surface area contributed by atoms with Gasteiger partial charge in [-0.3, -0.25) is 9.69 Å². The lowest BCUT2D eigenvalue weighted by Gasteiger charge is -2.45. The Labute approximate surface area is 226 Å². The number of piperazine rings is 1. The van der Waals surface area contributed by atoms with Crippen molar-refractivity contribution < 1.29 is 14.6 Å². The molecule has 0 unspecified atom stereocenters. The topological polar surface area (TPSA) is 103 Å². The van der Waals surface area contributed by atoms with E-state index in [0.717, 1.165) is 16.8 Å². The lowest BCUT2D eigenvalue weighted by molar-refractivity contribution is -0.119. The van der Waals surface area contributed by atoms with Gasteiger partial charge in [0.25, 0.3) is 5.91 Å². The minimum Gasteiger partial charge on any atom is -0.484 e. The van der Waals surface area contributed by atoms with Crippen LogP contribution < -0.4 is 15.4 Å². The molecule has 2 atom stereocenters. The number of nitrogens with zero attached hydrogens (tertiary/aromatic N) is 3. The zero-order valence-corrected chi connectivity index (χ0v) is 21.9. The van der Waals surface area contributed by atoms with Gasteiger partial charge in [0.05, 0.1) is 34.0 Å². The number of aliphatic hydroxyl groups is 1. The van der Waals surface area contributed by atoms with Gasteiger partial charge in [0, 0.05) is 37.3 Å². The number of β-amino-alcohol motifs (C(OH)–C–C–N with tert-alkyl or cyclic N) is 1. The van der Waals surface area contributed by atoms with Crippen LogP contribution in [-0.4, -0.2) is 48.7 Å². The summed E-state index contributed by atoms with van der Waals surface area (Å²) in [6.07, 6.45) is 0. The van der Waals surface area contributed by atoms with Gasteiger partial charge in [0.2, 0.25) is 0 Å². The van der Waals surface area contributed by atoms with Crippen LogP contribution in [0.2, 0.25) is 10.0 Å². The van der Waals surface area contributed by atoms with Crippen molar-refractivity contribution in [1.82, 2.24) is 4.90 Å². The van der Waals surface area contributed by atoms with Crippen molar-refractivity contribution in [3.63, 3.8) is 0 Å². The van der Waals surface area contributed by atoms with E-state index in [4.69, 9.17) is 38.9 Å². The average molecular weight is 539 g/mol. The molecule has 0 aromatic heterocycles. The number of rotatable bonds is 8. The Morgan fingerprint density at radius 3 is 2.46 bits per heavy atom. The number of hydrogen-bond acceptors (Lipinski definition) is 6. The average Bonchev–Trinajstić information content (AvgIpc) is 2.88. The first-order chi connectivity index (χ1) is 17.7. The van der Waals surface area contributed by atoms with Crippen molar-refractivity contribution in [3.8, 4) is 11.8 Å². The van der Waals surface area contributed by atoms with E-state index in [-0.39, 0.29) is 12.6 Å². The number of benzene rings is 3. The Bertz CT molecular complexity index is 1290. The number of nitrogens with two attached hydrogens (primary N) is 1. The van der Waals surface area contributed by atoms with Crippen molar-refractivity contribution in [2.24, 2.45) is 5.73 Å². The number of halogens is 2. The Kier molecular flexibility index (Phi) is 8.25. The summed E-state index contributed by atoms with van der Waals surface area (Å²) in [6.45, 7) is 4.00. The molecule has 7 nitrogen and oxygen atoms in total. The highest BCUT2D eigenvalue weighted by molar-refractivity contribution is 6.33. The molecule has 0 spiro atoms. The second-order valence-electron chi connectivity index (χ2n) is 9.33. The maximum Gasteiger partial charge on any atom is 0.255 e. The fourth-order valence-corrected chi connectivity index (χ4v) is 5.04. The minimum atomic E-state index is -1.10. The summed E-state index contributed by atoms with van der Waals surface area (Å²) < 4.78 is 5.40. The molecule has 0 aliphatic carbocycles. The number of carbonyl (C=O) groups excluding carboxylic acids is 1. The molecular formula is C28H28Cl2N4O3. The molecule has 4 rings (SSSR count). The molecule has 3 N–H and O–H groups in total. The van der Waals surface area contributed by atoms with Crippen molar-refractivity contribution in [2.75, 3.05) is 37.7 Å². The highest BCUT2D eigenvalue weighted by Crippen LogP contribution is 2.38. The van der Waals surface area contributed by atoms with E-state index >= 15 is 0 Å². The summed E-state index contributed by atoms with van der Waals surface area (Å²) >= 11 is 12.8. The smallest absolute Gasteiger partial charge is 0.255 e. The molecular weight excluding hydrogens is 511 g/mol. The van der Waals surface area contributed by atoms with E-state index in [1.54, 1.807) is 43.3 Å². The van der Waals surface area contributed by atoms with Crippen molar-refractivity contribution >= 4 is 34.8 Å². The zero-order chi connectivity index (χ0) is 26.6. The largest absolute Gasteiger partial charge is 0.484 e. The SMILES string of the molecule is C[C@@](O)(CN1CCN(c2ccc(OCC(N)=O)cc2Cl)[C@H](c2ccc(Cl)cc2)C1)c1ccc(C#N)cc1. The van der Waals surface area contributed by atoms with Crippen LogP contribution >= 0.6 is 23.2 Å². The summed E-state index contributed by atoms with van der Waals surface area (Å²) in [6, 6.07) is 22.1. The monoisotopic (exact) mass is 538 g/mol. The maximum atomic E-state index is 11.3. The molecule has 1 fully saturated rings. The van der Waals surface area contributed by atoms with E-state index in [0.29, 0.717) is 47.5 Å². The molecule has 3 aromatic carbocycles. The molecule has 0 bridgehead atoms. The Hall–Kier alpha value is -3.28. The minimum absolute atomic E-state index is 0.0577. The number of ether oxygens (including phenoxy) is 1. The first-order valence-electron chi connectivity index (χ1n) is 11.8.